The molecule has 0 radical (unpaired) electrons. The number of carbonyl (C=O) groups is 2. The van der Waals surface area contributed by atoms with Crippen molar-refractivity contribution in [1.29, 1.82) is 0 Å². The second-order valence-corrected chi connectivity index (χ2v) is 6.63. The van der Waals surface area contributed by atoms with E-state index in [1.54, 1.807) is 6.07 Å². The van der Waals surface area contributed by atoms with Gasteiger partial charge in [-0.3, -0.25) is 20.4 Å². The van der Waals surface area contributed by atoms with E-state index in [2.05, 4.69) is 10.9 Å². The molecule has 0 heterocycles. The topological polar surface area (TPSA) is 67.4 Å². The summed E-state index contributed by atoms with van der Waals surface area (Å²) in [6.45, 7) is 1.54. The monoisotopic (exact) mass is 376 g/mol. The van der Waals surface area contributed by atoms with Gasteiger partial charge in [-0.05, 0) is 61.2 Å². The summed E-state index contributed by atoms with van der Waals surface area (Å²) in [7, 11) is 0. The van der Waals surface area contributed by atoms with Crippen molar-refractivity contribution in [2.24, 2.45) is 5.92 Å². The van der Waals surface area contributed by atoms with Gasteiger partial charge in [0.25, 0.3) is 5.91 Å². The molecule has 2 N–H and O–H groups in total. The van der Waals surface area contributed by atoms with Gasteiger partial charge < -0.3 is 4.74 Å². The molecule has 3 unspecified atom stereocenters. The molecule has 1 aliphatic carbocycles. The van der Waals surface area contributed by atoms with Crippen molar-refractivity contribution in [3.63, 3.8) is 0 Å². The zero-order chi connectivity index (χ0) is 18.7. The van der Waals surface area contributed by atoms with Crippen LogP contribution in [0.1, 0.15) is 24.8 Å². The highest BCUT2D eigenvalue weighted by Gasteiger charge is 2.44. The van der Waals surface area contributed by atoms with Gasteiger partial charge in [0.1, 0.15) is 11.6 Å². The van der Waals surface area contributed by atoms with Crippen molar-refractivity contribution in [1.82, 2.24) is 10.9 Å². The summed E-state index contributed by atoms with van der Waals surface area (Å²) in [4.78, 5) is 24.2. The van der Waals surface area contributed by atoms with Crippen molar-refractivity contribution in [3.05, 3.63) is 64.9 Å². The Morgan fingerprint density at radius 3 is 2.62 bits per heavy atom. The minimum absolute atomic E-state index is 0.110. The Bertz CT molecular complexity index is 813. The predicted molar refractivity (Wildman–Crippen MR) is 95.1 cm³/mol. The van der Waals surface area contributed by atoms with Crippen LogP contribution in [0.25, 0.3) is 0 Å². The Labute approximate surface area is 155 Å². The molecule has 1 aliphatic rings. The van der Waals surface area contributed by atoms with Crippen LogP contribution >= 0.6 is 11.6 Å². The van der Waals surface area contributed by atoms with Crippen LogP contribution in [0, 0.1) is 11.7 Å². The highest BCUT2D eigenvalue weighted by Crippen LogP contribution is 2.47. The predicted octanol–water partition coefficient (Wildman–Crippen LogP) is 3.20. The Morgan fingerprint density at radius 1 is 1.19 bits per heavy atom. The van der Waals surface area contributed by atoms with Crippen molar-refractivity contribution < 1.29 is 18.7 Å². The molecule has 26 heavy (non-hydrogen) atoms. The molecule has 136 valence electrons. The van der Waals surface area contributed by atoms with E-state index >= 15 is 0 Å². The zero-order valence-electron chi connectivity index (χ0n) is 14.0. The second kappa shape index (κ2) is 7.74. The van der Waals surface area contributed by atoms with E-state index in [9.17, 15) is 14.0 Å². The van der Waals surface area contributed by atoms with Gasteiger partial charge in [0.2, 0.25) is 5.91 Å². The van der Waals surface area contributed by atoms with Crippen molar-refractivity contribution in [2.75, 3.05) is 0 Å². The molecular formula is C19H18ClFN2O3. The van der Waals surface area contributed by atoms with Crippen LogP contribution in [0.5, 0.6) is 5.75 Å². The van der Waals surface area contributed by atoms with Gasteiger partial charge in [0.15, 0.2) is 6.10 Å². The molecule has 7 heteroatoms. The number of hydrogen-bond donors (Lipinski definition) is 2. The minimum Gasteiger partial charge on any atom is -0.481 e. The normalized spacial score (nSPS) is 19.3. The van der Waals surface area contributed by atoms with E-state index in [1.165, 1.54) is 31.2 Å². The zero-order valence-corrected chi connectivity index (χ0v) is 14.8. The fourth-order valence-corrected chi connectivity index (χ4v) is 2.88. The lowest BCUT2D eigenvalue weighted by Gasteiger charge is -2.15. The van der Waals surface area contributed by atoms with Crippen LogP contribution < -0.4 is 15.6 Å². The smallest absolute Gasteiger partial charge is 0.279 e. The van der Waals surface area contributed by atoms with Crippen LogP contribution in [0.3, 0.4) is 0 Å². The van der Waals surface area contributed by atoms with Crippen molar-refractivity contribution in [2.45, 2.75) is 25.4 Å². The highest BCUT2D eigenvalue weighted by molar-refractivity contribution is 6.30. The number of hydrogen-bond acceptors (Lipinski definition) is 3. The molecular weight excluding hydrogens is 359 g/mol. The fraction of sp³-hybridized carbons (Fsp3) is 0.263. The largest absolute Gasteiger partial charge is 0.481 e. The SMILES string of the molecule is CC(Oc1ccc(F)cc1)C(=O)NNC(=O)C1CC1c1cccc(Cl)c1. The first kappa shape index (κ1) is 18.2. The van der Waals surface area contributed by atoms with Crippen LogP contribution in [0.2, 0.25) is 5.02 Å². The number of ether oxygens (including phenoxy) is 1. The Hall–Kier alpha value is -2.60. The van der Waals surface area contributed by atoms with Gasteiger partial charge in [-0.25, -0.2) is 4.39 Å². The molecule has 0 spiro atoms. The van der Waals surface area contributed by atoms with Crippen LogP contribution in [-0.2, 0) is 9.59 Å². The third-order valence-corrected chi connectivity index (χ3v) is 4.44. The molecule has 1 saturated carbocycles. The van der Waals surface area contributed by atoms with Gasteiger partial charge in [-0.15, -0.1) is 0 Å². The number of benzene rings is 2. The average Bonchev–Trinajstić information content (AvgIpc) is 3.42. The van der Waals surface area contributed by atoms with Crippen molar-refractivity contribution >= 4 is 23.4 Å². The molecule has 2 aromatic carbocycles. The average molecular weight is 377 g/mol. The lowest BCUT2D eigenvalue weighted by atomic mass is 10.1. The number of halogens is 2. The first-order valence-corrected chi connectivity index (χ1v) is 8.59. The van der Waals surface area contributed by atoms with E-state index in [0.29, 0.717) is 17.2 Å². The first-order valence-electron chi connectivity index (χ1n) is 8.21. The number of hydrazine groups is 1. The Balaban J connectivity index is 1.45. The number of amides is 2. The van der Waals surface area contributed by atoms with Crippen LogP contribution in [0.4, 0.5) is 4.39 Å². The van der Waals surface area contributed by atoms with Crippen LogP contribution in [-0.4, -0.2) is 17.9 Å². The molecule has 2 amide bonds. The van der Waals surface area contributed by atoms with E-state index in [-0.39, 0.29) is 23.6 Å². The number of nitrogens with one attached hydrogen (secondary N) is 2. The summed E-state index contributed by atoms with van der Waals surface area (Å²) in [5.74, 6) is -0.857. The van der Waals surface area contributed by atoms with Gasteiger partial charge in [-0.1, -0.05) is 23.7 Å². The minimum atomic E-state index is -0.844. The molecule has 5 nitrogen and oxygen atoms in total. The molecule has 1 fully saturated rings. The van der Waals surface area contributed by atoms with Crippen LogP contribution in [0.15, 0.2) is 48.5 Å². The Morgan fingerprint density at radius 2 is 1.92 bits per heavy atom. The van der Waals surface area contributed by atoms with Gasteiger partial charge in [0.05, 0.1) is 0 Å². The molecule has 3 atom stereocenters. The maximum Gasteiger partial charge on any atom is 0.279 e. The van der Waals surface area contributed by atoms with Gasteiger partial charge in [-0.2, -0.15) is 0 Å². The number of rotatable bonds is 5. The summed E-state index contributed by atoms with van der Waals surface area (Å²) in [6.07, 6.45) is -0.132. The molecule has 2 aromatic rings. The maximum absolute atomic E-state index is 12.9. The van der Waals surface area contributed by atoms with E-state index in [4.69, 9.17) is 16.3 Å². The quantitative estimate of drug-likeness (QED) is 0.787. The molecule has 3 rings (SSSR count). The summed E-state index contributed by atoms with van der Waals surface area (Å²) < 4.78 is 18.3. The third kappa shape index (κ3) is 4.52. The van der Waals surface area contributed by atoms with Gasteiger partial charge in [0, 0.05) is 10.9 Å². The highest BCUT2D eigenvalue weighted by atomic mass is 35.5. The summed E-state index contributed by atoms with van der Waals surface area (Å²) in [5.41, 5.74) is 5.79. The standard InChI is InChI=1S/C19H18ClFN2O3/c1-11(26-15-7-5-14(21)6-8-15)18(24)22-23-19(25)17-10-16(17)12-3-2-4-13(20)9-12/h2-9,11,16-17H,10H2,1H3,(H,22,24)(H,23,25). The lowest BCUT2D eigenvalue weighted by Crippen LogP contribution is -2.47. The molecule has 0 saturated heterocycles. The first-order chi connectivity index (χ1) is 12.4. The van der Waals surface area contributed by atoms with E-state index < -0.39 is 12.0 Å². The molecule has 0 aromatic heterocycles. The molecule has 0 aliphatic heterocycles. The lowest BCUT2D eigenvalue weighted by molar-refractivity contribution is -0.133. The third-order valence-electron chi connectivity index (χ3n) is 4.21. The number of carbonyl (C=O) groups excluding carboxylic acids is 2. The summed E-state index contributed by atoms with van der Waals surface area (Å²) >= 11 is 5.96. The summed E-state index contributed by atoms with van der Waals surface area (Å²) in [6, 6.07) is 12.7. The Kier molecular flexibility index (Phi) is 5.42. The summed E-state index contributed by atoms with van der Waals surface area (Å²) in [5, 5.41) is 0.633. The second-order valence-electron chi connectivity index (χ2n) is 6.20. The van der Waals surface area contributed by atoms with Gasteiger partial charge >= 0.3 is 0 Å². The van der Waals surface area contributed by atoms with E-state index in [1.807, 2.05) is 18.2 Å². The molecule has 0 bridgehead atoms. The fourth-order valence-electron chi connectivity index (χ4n) is 2.68. The van der Waals surface area contributed by atoms with E-state index in [0.717, 1.165) is 5.56 Å². The maximum atomic E-state index is 12.9. The van der Waals surface area contributed by atoms with Crippen molar-refractivity contribution in [3.8, 4) is 5.75 Å².